The highest BCUT2D eigenvalue weighted by molar-refractivity contribution is 8.00. The topological polar surface area (TPSA) is 128 Å². The zero-order valence-electron chi connectivity index (χ0n) is 29.9. The number of nitrogens with zero attached hydrogens (tertiary/aromatic N) is 1. The molecule has 0 fully saturated rings. The molecular formula is C42H35ClN4O6S2. The Kier molecular flexibility index (Phi) is 12.9. The van der Waals surface area contributed by atoms with E-state index in [2.05, 4.69) is 20.9 Å². The molecule has 5 aromatic carbocycles. The second kappa shape index (κ2) is 18.3. The van der Waals surface area contributed by atoms with Crippen molar-refractivity contribution in [2.24, 2.45) is 0 Å². The lowest BCUT2D eigenvalue weighted by atomic mass is 10.1. The quantitative estimate of drug-likeness (QED) is 0.0736. The number of anilines is 2. The third-order valence-corrected chi connectivity index (χ3v) is 10.4. The van der Waals surface area contributed by atoms with Crippen LogP contribution in [0.15, 0.2) is 137 Å². The van der Waals surface area contributed by atoms with Crippen molar-refractivity contribution in [2.45, 2.75) is 10.1 Å². The van der Waals surface area contributed by atoms with Crippen molar-refractivity contribution in [3.8, 4) is 28.5 Å². The molecule has 55 heavy (non-hydrogen) atoms. The molecule has 0 aliphatic carbocycles. The van der Waals surface area contributed by atoms with E-state index in [1.165, 1.54) is 50.5 Å². The fraction of sp³-hybridized carbons (Fsp3) is 0.0952. The number of thioether (sulfide) groups is 1. The van der Waals surface area contributed by atoms with Crippen molar-refractivity contribution < 1.29 is 28.6 Å². The Balaban J connectivity index is 1.25. The van der Waals surface area contributed by atoms with Crippen LogP contribution >= 0.6 is 34.7 Å². The highest BCUT2D eigenvalue weighted by Crippen LogP contribution is 2.40. The first-order valence-electron chi connectivity index (χ1n) is 16.8. The highest BCUT2D eigenvalue weighted by Gasteiger charge is 2.24. The van der Waals surface area contributed by atoms with Crippen molar-refractivity contribution in [2.75, 3.05) is 32.0 Å². The average molecular weight is 791 g/mol. The van der Waals surface area contributed by atoms with Gasteiger partial charge in [0, 0.05) is 32.1 Å². The standard InChI is InChI=1S/C42H35ClN4O6S2/c1-51-35-22-26(23-36(52-2)37(35)53-3)21-33(45-39(48)28-15-8-5-9-16-28)40(49)44-29-17-12-18-30(24-29)55-38(27-13-6-4-7-14-27)41(50)47-42-46-34(25-54-42)31-19-10-11-20-32(31)43/h4-25,38H,1-3H3,(H,44,49)(H,45,48)(H,46,47,50)/b33-21+. The van der Waals surface area contributed by atoms with E-state index in [9.17, 15) is 14.4 Å². The first-order chi connectivity index (χ1) is 26.8. The number of hydrogen-bond acceptors (Lipinski definition) is 9. The van der Waals surface area contributed by atoms with Crippen LogP contribution in [-0.2, 0) is 9.59 Å². The summed E-state index contributed by atoms with van der Waals surface area (Å²) in [6, 6.07) is 35.8. The molecule has 1 atom stereocenters. The summed E-state index contributed by atoms with van der Waals surface area (Å²) in [7, 11) is 4.47. The molecule has 13 heteroatoms. The molecule has 0 saturated carbocycles. The summed E-state index contributed by atoms with van der Waals surface area (Å²) in [6.45, 7) is 0. The molecule has 0 aliphatic heterocycles. The lowest BCUT2D eigenvalue weighted by molar-refractivity contribution is -0.116. The minimum absolute atomic E-state index is 0.0395. The van der Waals surface area contributed by atoms with Crippen LogP contribution in [0.25, 0.3) is 17.3 Å². The van der Waals surface area contributed by atoms with E-state index < -0.39 is 17.1 Å². The lowest BCUT2D eigenvalue weighted by Gasteiger charge is -2.17. The summed E-state index contributed by atoms with van der Waals surface area (Å²) in [4.78, 5) is 46.4. The summed E-state index contributed by atoms with van der Waals surface area (Å²) >= 11 is 9.01. The Labute approximate surface area is 331 Å². The number of rotatable bonds is 14. The number of aromatic nitrogens is 1. The van der Waals surface area contributed by atoms with E-state index in [0.29, 0.717) is 54.8 Å². The number of thiazole rings is 1. The second-order valence-corrected chi connectivity index (χ2v) is 14.2. The molecule has 0 bridgehead atoms. The number of ether oxygens (including phenoxy) is 3. The normalized spacial score (nSPS) is 11.6. The minimum Gasteiger partial charge on any atom is -0.493 e. The van der Waals surface area contributed by atoms with Crippen molar-refractivity contribution in [1.29, 1.82) is 0 Å². The summed E-state index contributed by atoms with van der Waals surface area (Å²) in [6.07, 6.45) is 1.52. The van der Waals surface area contributed by atoms with Gasteiger partial charge in [-0.05, 0) is 65.7 Å². The molecular weight excluding hydrogens is 756 g/mol. The van der Waals surface area contributed by atoms with Crippen LogP contribution in [0.1, 0.15) is 26.7 Å². The number of methoxy groups -OCH3 is 3. The second-order valence-electron chi connectivity index (χ2n) is 11.7. The smallest absolute Gasteiger partial charge is 0.272 e. The van der Waals surface area contributed by atoms with Gasteiger partial charge in [0.05, 0.1) is 27.0 Å². The fourth-order valence-electron chi connectivity index (χ4n) is 5.47. The largest absolute Gasteiger partial charge is 0.493 e. The molecule has 1 unspecified atom stereocenters. The van der Waals surface area contributed by atoms with Gasteiger partial charge in [0.2, 0.25) is 11.7 Å². The predicted molar refractivity (Wildman–Crippen MR) is 219 cm³/mol. The molecule has 278 valence electrons. The maximum atomic E-state index is 13.9. The summed E-state index contributed by atoms with van der Waals surface area (Å²) < 4.78 is 16.4. The Bertz CT molecular complexity index is 2310. The van der Waals surface area contributed by atoms with Crippen LogP contribution in [0.4, 0.5) is 10.8 Å². The van der Waals surface area contributed by atoms with Crippen molar-refractivity contribution in [3.05, 3.63) is 154 Å². The van der Waals surface area contributed by atoms with Crippen LogP contribution in [0.3, 0.4) is 0 Å². The summed E-state index contributed by atoms with van der Waals surface area (Å²) in [5.41, 5.74) is 3.49. The molecule has 6 rings (SSSR count). The average Bonchev–Trinajstić information content (AvgIpc) is 3.68. The molecule has 6 aromatic rings. The molecule has 3 amide bonds. The Morgan fingerprint density at radius 3 is 2.13 bits per heavy atom. The number of carbonyl (C=O) groups is 3. The molecule has 3 N–H and O–H groups in total. The zero-order chi connectivity index (χ0) is 38.7. The van der Waals surface area contributed by atoms with Gasteiger partial charge in [-0.1, -0.05) is 84.4 Å². The van der Waals surface area contributed by atoms with Crippen LogP contribution in [-0.4, -0.2) is 44.0 Å². The summed E-state index contributed by atoms with van der Waals surface area (Å²) in [5, 5.41) is 10.8. The van der Waals surface area contributed by atoms with Gasteiger partial charge >= 0.3 is 0 Å². The van der Waals surface area contributed by atoms with E-state index >= 15 is 0 Å². The van der Waals surface area contributed by atoms with Crippen LogP contribution in [0, 0.1) is 0 Å². The molecule has 0 radical (unpaired) electrons. The minimum atomic E-state index is -0.666. The van der Waals surface area contributed by atoms with E-state index in [0.717, 1.165) is 11.1 Å². The molecule has 1 heterocycles. The van der Waals surface area contributed by atoms with Crippen LogP contribution in [0.2, 0.25) is 5.02 Å². The highest BCUT2D eigenvalue weighted by atomic mass is 35.5. The number of nitrogens with one attached hydrogen (secondary N) is 3. The Hall–Kier alpha value is -6.08. The van der Waals surface area contributed by atoms with Gasteiger partial charge in [-0.25, -0.2) is 4.98 Å². The first-order valence-corrected chi connectivity index (χ1v) is 18.9. The molecule has 1 aromatic heterocycles. The number of carbonyl (C=O) groups excluding carboxylic acids is 3. The van der Waals surface area contributed by atoms with E-state index in [1.807, 2.05) is 60.0 Å². The number of benzene rings is 5. The predicted octanol–water partition coefficient (Wildman–Crippen LogP) is 9.37. The van der Waals surface area contributed by atoms with Crippen LogP contribution in [0.5, 0.6) is 17.2 Å². The fourth-order valence-corrected chi connectivity index (χ4v) is 7.50. The van der Waals surface area contributed by atoms with Crippen molar-refractivity contribution >= 4 is 69.3 Å². The number of hydrogen-bond donors (Lipinski definition) is 3. The van der Waals surface area contributed by atoms with E-state index in [-0.39, 0.29) is 11.6 Å². The van der Waals surface area contributed by atoms with Crippen molar-refractivity contribution in [3.63, 3.8) is 0 Å². The van der Waals surface area contributed by atoms with Gasteiger partial charge in [0.15, 0.2) is 16.6 Å². The maximum absolute atomic E-state index is 13.9. The van der Waals surface area contributed by atoms with Crippen LogP contribution < -0.4 is 30.2 Å². The third-order valence-electron chi connectivity index (χ3n) is 8.10. The molecule has 0 spiro atoms. The van der Waals surface area contributed by atoms with Gasteiger partial charge in [0.25, 0.3) is 11.8 Å². The monoisotopic (exact) mass is 790 g/mol. The zero-order valence-corrected chi connectivity index (χ0v) is 32.3. The van der Waals surface area contributed by atoms with Gasteiger partial charge in [-0.2, -0.15) is 0 Å². The summed E-state index contributed by atoms with van der Waals surface area (Å²) in [5.74, 6) is -0.207. The van der Waals surface area contributed by atoms with E-state index in [4.69, 9.17) is 25.8 Å². The Morgan fingerprint density at radius 1 is 0.782 bits per heavy atom. The third kappa shape index (κ3) is 9.73. The van der Waals surface area contributed by atoms with Gasteiger partial charge < -0.3 is 30.2 Å². The number of amides is 3. The molecule has 0 saturated heterocycles. The lowest BCUT2D eigenvalue weighted by Crippen LogP contribution is -2.30. The SMILES string of the molecule is COc1cc(/C=C(/NC(=O)c2ccccc2)C(=O)Nc2cccc(SC(C(=O)Nc3nc(-c4ccccc4Cl)cs3)c3ccccc3)c2)cc(OC)c1OC. The molecule has 0 aliphatic rings. The van der Waals surface area contributed by atoms with E-state index in [1.54, 1.807) is 66.7 Å². The maximum Gasteiger partial charge on any atom is 0.272 e. The Morgan fingerprint density at radius 2 is 1.45 bits per heavy atom. The van der Waals surface area contributed by atoms with Gasteiger partial charge in [-0.3, -0.25) is 14.4 Å². The molecule has 10 nitrogen and oxygen atoms in total. The van der Waals surface area contributed by atoms with Gasteiger partial charge in [0.1, 0.15) is 10.9 Å². The van der Waals surface area contributed by atoms with Gasteiger partial charge in [-0.15, -0.1) is 23.1 Å². The van der Waals surface area contributed by atoms with Crippen molar-refractivity contribution in [1.82, 2.24) is 10.3 Å². The first kappa shape index (κ1) is 38.6. The number of halogens is 1.